The fourth-order valence-electron chi connectivity index (χ4n) is 1.35. The van der Waals surface area contributed by atoms with Crippen LogP contribution in [0.1, 0.15) is 5.56 Å². The molecule has 1 atom stereocenters. The lowest BCUT2D eigenvalue weighted by Gasteiger charge is -2.19. The van der Waals surface area contributed by atoms with Gasteiger partial charge in [0.05, 0.1) is 6.07 Å². The van der Waals surface area contributed by atoms with Gasteiger partial charge in [-0.3, -0.25) is 4.79 Å². The van der Waals surface area contributed by atoms with E-state index in [0.29, 0.717) is 6.42 Å². The lowest BCUT2D eigenvalue weighted by atomic mass is 10.1. The van der Waals surface area contributed by atoms with Gasteiger partial charge in [0.15, 0.2) is 0 Å². The van der Waals surface area contributed by atoms with E-state index in [4.69, 9.17) is 22.8 Å². The minimum Gasteiger partial charge on any atom is -0.368 e. The molecule has 1 amide bonds. The van der Waals surface area contributed by atoms with Crippen molar-refractivity contribution in [1.29, 1.82) is 5.26 Å². The van der Waals surface area contributed by atoms with Crippen molar-refractivity contribution >= 4 is 17.7 Å². The first kappa shape index (κ1) is 12.5. The number of nitrogens with zero attached hydrogens (tertiary/aromatic N) is 2. The molecular weight excluding hydrogens is 226 g/mol. The van der Waals surface area contributed by atoms with Crippen molar-refractivity contribution in [2.45, 2.75) is 12.5 Å². The number of hydrogen-bond donors (Lipinski definition) is 1. The summed E-state index contributed by atoms with van der Waals surface area (Å²) in [6.07, 6.45) is 0.404. The maximum absolute atomic E-state index is 11.2. The highest BCUT2D eigenvalue weighted by atomic mass is 35.5. The first-order chi connectivity index (χ1) is 7.65. The van der Waals surface area contributed by atoms with Crippen molar-refractivity contribution < 1.29 is 4.79 Å². The predicted octanol–water partition coefficient (Wildman–Crippen LogP) is 1.06. The van der Waals surface area contributed by atoms with Crippen molar-refractivity contribution in [1.82, 2.24) is 4.42 Å². The Labute approximate surface area is 99.3 Å². The van der Waals surface area contributed by atoms with Gasteiger partial charge in [-0.05, 0) is 23.8 Å². The summed E-state index contributed by atoms with van der Waals surface area (Å²) in [5.74, 6) is -0.533. The summed E-state index contributed by atoms with van der Waals surface area (Å²) < 4.78 is 1.13. The highest BCUT2D eigenvalue weighted by molar-refractivity contribution is 6.15. The second kappa shape index (κ2) is 6.11. The van der Waals surface area contributed by atoms with Gasteiger partial charge in [-0.25, -0.2) is 0 Å². The summed E-state index contributed by atoms with van der Waals surface area (Å²) in [5, 5.41) is 8.51. The summed E-state index contributed by atoms with van der Waals surface area (Å²) in [5.41, 5.74) is 6.19. The SMILES string of the molecule is N#CCN(Cl)[C@@H](Cc1ccccc1)C(N)=O. The number of carbonyl (C=O) groups excluding carboxylic acids is 1. The van der Waals surface area contributed by atoms with Gasteiger partial charge in [0.2, 0.25) is 5.91 Å². The smallest absolute Gasteiger partial charge is 0.236 e. The Morgan fingerprint density at radius 3 is 2.62 bits per heavy atom. The van der Waals surface area contributed by atoms with Crippen LogP contribution in [0, 0.1) is 11.3 Å². The molecule has 0 bridgehead atoms. The second-order valence-corrected chi connectivity index (χ2v) is 3.76. The number of hydrogen-bond acceptors (Lipinski definition) is 3. The van der Waals surface area contributed by atoms with E-state index < -0.39 is 11.9 Å². The molecule has 0 aromatic heterocycles. The Kier molecular flexibility index (Phi) is 4.77. The first-order valence-corrected chi connectivity index (χ1v) is 5.11. The minimum absolute atomic E-state index is 0.0397. The highest BCUT2D eigenvalue weighted by Gasteiger charge is 2.22. The van der Waals surface area contributed by atoms with Gasteiger partial charge in [0, 0.05) is 0 Å². The van der Waals surface area contributed by atoms with Crippen molar-refractivity contribution in [2.24, 2.45) is 5.73 Å². The number of nitriles is 1. The van der Waals surface area contributed by atoms with Crippen LogP contribution in [0.25, 0.3) is 0 Å². The molecule has 1 aromatic rings. The standard InChI is InChI=1S/C11H12ClN3O/c12-15(7-6-13)10(11(14)16)8-9-4-2-1-3-5-9/h1-5,10H,7-8H2,(H2,14,16)/t10-/m0/s1. The number of nitrogens with two attached hydrogens (primary N) is 1. The minimum atomic E-state index is -0.663. The molecule has 0 radical (unpaired) electrons. The molecule has 4 nitrogen and oxygen atoms in total. The average Bonchev–Trinajstić information content (AvgIpc) is 2.27. The van der Waals surface area contributed by atoms with E-state index in [-0.39, 0.29) is 6.54 Å². The molecule has 0 saturated heterocycles. The Bertz CT molecular complexity index is 388. The maximum atomic E-state index is 11.2. The quantitative estimate of drug-likeness (QED) is 0.615. The fraction of sp³-hybridized carbons (Fsp3) is 0.273. The molecule has 0 saturated carbocycles. The topological polar surface area (TPSA) is 70.1 Å². The van der Waals surface area contributed by atoms with Crippen molar-refractivity contribution in [3.8, 4) is 6.07 Å². The van der Waals surface area contributed by atoms with Crippen LogP contribution in [-0.4, -0.2) is 22.9 Å². The lowest BCUT2D eigenvalue weighted by Crippen LogP contribution is -2.41. The number of halogens is 1. The molecule has 16 heavy (non-hydrogen) atoms. The molecule has 0 aliphatic heterocycles. The third-order valence-corrected chi connectivity index (χ3v) is 2.52. The molecule has 1 aromatic carbocycles. The predicted molar refractivity (Wildman–Crippen MR) is 61.3 cm³/mol. The zero-order chi connectivity index (χ0) is 12.0. The molecule has 0 unspecified atom stereocenters. The lowest BCUT2D eigenvalue weighted by molar-refractivity contribution is -0.121. The van der Waals surface area contributed by atoms with Crippen molar-refractivity contribution in [2.75, 3.05) is 6.54 Å². The summed E-state index contributed by atoms with van der Waals surface area (Å²) in [4.78, 5) is 11.2. The maximum Gasteiger partial charge on any atom is 0.236 e. The van der Waals surface area contributed by atoms with Gasteiger partial charge in [-0.1, -0.05) is 30.3 Å². The monoisotopic (exact) mass is 237 g/mol. The second-order valence-electron chi connectivity index (χ2n) is 3.32. The number of rotatable bonds is 5. The van der Waals surface area contributed by atoms with Crippen LogP contribution in [0.4, 0.5) is 0 Å². The number of amides is 1. The van der Waals surface area contributed by atoms with Crippen LogP contribution in [0.2, 0.25) is 0 Å². The van der Waals surface area contributed by atoms with E-state index in [2.05, 4.69) is 0 Å². The molecule has 84 valence electrons. The van der Waals surface area contributed by atoms with Crippen LogP contribution in [0.15, 0.2) is 30.3 Å². The first-order valence-electron chi connectivity index (χ1n) is 4.77. The van der Waals surface area contributed by atoms with E-state index >= 15 is 0 Å². The highest BCUT2D eigenvalue weighted by Crippen LogP contribution is 2.10. The van der Waals surface area contributed by atoms with E-state index in [1.54, 1.807) is 0 Å². The Balaban J connectivity index is 2.73. The molecule has 5 heteroatoms. The zero-order valence-corrected chi connectivity index (χ0v) is 9.39. The largest absolute Gasteiger partial charge is 0.368 e. The average molecular weight is 238 g/mol. The van der Waals surface area contributed by atoms with Crippen LogP contribution in [0.5, 0.6) is 0 Å². The molecule has 0 spiro atoms. The summed E-state index contributed by atoms with van der Waals surface area (Å²) >= 11 is 5.80. The number of primary amides is 1. The van der Waals surface area contributed by atoms with Crippen LogP contribution >= 0.6 is 11.8 Å². The summed E-state index contributed by atoms with van der Waals surface area (Å²) in [6.45, 7) is -0.0397. The number of carbonyl (C=O) groups is 1. The summed E-state index contributed by atoms with van der Waals surface area (Å²) in [6, 6.07) is 10.6. The molecule has 0 heterocycles. The van der Waals surface area contributed by atoms with Crippen LogP contribution in [0.3, 0.4) is 0 Å². The molecule has 0 fully saturated rings. The van der Waals surface area contributed by atoms with Crippen molar-refractivity contribution in [3.63, 3.8) is 0 Å². The number of benzene rings is 1. The zero-order valence-electron chi connectivity index (χ0n) is 8.64. The van der Waals surface area contributed by atoms with E-state index in [9.17, 15) is 4.79 Å². The third kappa shape index (κ3) is 3.54. The fourth-order valence-corrected chi connectivity index (χ4v) is 1.57. The Morgan fingerprint density at radius 1 is 1.50 bits per heavy atom. The molecular formula is C11H12ClN3O. The van der Waals surface area contributed by atoms with E-state index in [1.165, 1.54) is 0 Å². The molecule has 2 N–H and O–H groups in total. The molecule has 0 aliphatic carbocycles. The van der Waals surface area contributed by atoms with Gasteiger partial charge >= 0.3 is 0 Å². The Hall–Kier alpha value is -1.57. The van der Waals surface area contributed by atoms with Gasteiger partial charge in [-0.2, -0.15) is 9.68 Å². The summed E-state index contributed by atoms with van der Waals surface area (Å²) in [7, 11) is 0. The van der Waals surface area contributed by atoms with E-state index in [0.717, 1.165) is 9.98 Å². The Morgan fingerprint density at radius 2 is 2.12 bits per heavy atom. The molecule has 0 aliphatic rings. The van der Waals surface area contributed by atoms with E-state index in [1.807, 2.05) is 36.4 Å². The van der Waals surface area contributed by atoms with Crippen LogP contribution in [-0.2, 0) is 11.2 Å². The van der Waals surface area contributed by atoms with Gasteiger partial charge in [0.1, 0.15) is 12.6 Å². The molecule has 1 rings (SSSR count). The van der Waals surface area contributed by atoms with Crippen molar-refractivity contribution in [3.05, 3.63) is 35.9 Å². The van der Waals surface area contributed by atoms with Gasteiger partial charge < -0.3 is 5.73 Å². The van der Waals surface area contributed by atoms with Crippen LogP contribution < -0.4 is 5.73 Å². The van der Waals surface area contributed by atoms with Gasteiger partial charge in [0.25, 0.3) is 0 Å². The van der Waals surface area contributed by atoms with Gasteiger partial charge in [-0.15, -0.1) is 0 Å². The normalized spacial score (nSPS) is 12.1. The third-order valence-electron chi connectivity index (χ3n) is 2.16.